The van der Waals surface area contributed by atoms with E-state index in [2.05, 4.69) is 10.3 Å². The van der Waals surface area contributed by atoms with Crippen molar-refractivity contribution in [3.63, 3.8) is 0 Å². The van der Waals surface area contributed by atoms with Crippen LogP contribution in [0, 0.1) is 6.92 Å². The van der Waals surface area contributed by atoms with Gasteiger partial charge in [0.15, 0.2) is 0 Å². The van der Waals surface area contributed by atoms with Crippen LogP contribution >= 0.6 is 11.6 Å². The Labute approximate surface area is 93.3 Å². The molecule has 0 radical (unpaired) electrons. The SMILES string of the molecule is Cc1cc(Nc2ccc[nH]2)c(N)cc1Cl. The molecule has 0 spiro atoms. The summed E-state index contributed by atoms with van der Waals surface area (Å²) in [4.78, 5) is 3.05. The molecule has 0 saturated carbocycles. The zero-order chi connectivity index (χ0) is 10.8. The molecule has 0 atom stereocenters. The Bertz CT molecular complexity index is 463. The average molecular weight is 222 g/mol. The number of H-pyrrole nitrogens is 1. The highest BCUT2D eigenvalue weighted by atomic mass is 35.5. The van der Waals surface area contributed by atoms with Crippen molar-refractivity contribution in [2.75, 3.05) is 11.1 Å². The van der Waals surface area contributed by atoms with E-state index in [4.69, 9.17) is 17.3 Å². The second kappa shape index (κ2) is 3.87. The Hall–Kier alpha value is -1.61. The third kappa shape index (κ3) is 2.07. The van der Waals surface area contributed by atoms with Gasteiger partial charge in [-0.25, -0.2) is 0 Å². The van der Waals surface area contributed by atoms with Crippen molar-refractivity contribution in [3.8, 4) is 0 Å². The summed E-state index contributed by atoms with van der Waals surface area (Å²) in [6, 6.07) is 7.53. The van der Waals surface area contributed by atoms with Gasteiger partial charge in [0.05, 0.1) is 11.4 Å². The van der Waals surface area contributed by atoms with Crippen molar-refractivity contribution in [1.29, 1.82) is 0 Å². The maximum Gasteiger partial charge on any atom is 0.107 e. The number of hydrogen-bond acceptors (Lipinski definition) is 2. The van der Waals surface area contributed by atoms with Gasteiger partial charge in [0, 0.05) is 11.2 Å². The third-order valence-corrected chi connectivity index (χ3v) is 2.61. The molecule has 0 fully saturated rings. The highest BCUT2D eigenvalue weighted by Gasteiger charge is 2.03. The Morgan fingerprint density at radius 2 is 2.20 bits per heavy atom. The maximum absolute atomic E-state index is 5.95. The molecule has 1 aromatic carbocycles. The molecule has 4 N–H and O–H groups in total. The number of rotatable bonds is 2. The zero-order valence-corrected chi connectivity index (χ0v) is 9.10. The molecule has 1 heterocycles. The van der Waals surface area contributed by atoms with Crippen molar-refractivity contribution in [2.45, 2.75) is 6.92 Å². The molecule has 0 saturated heterocycles. The lowest BCUT2D eigenvalue weighted by Crippen LogP contribution is -1.97. The Kier molecular flexibility index (Phi) is 2.56. The van der Waals surface area contributed by atoms with E-state index in [9.17, 15) is 0 Å². The fourth-order valence-corrected chi connectivity index (χ4v) is 1.53. The summed E-state index contributed by atoms with van der Waals surface area (Å²) in [5, 5.41) is 3.87. The minimum atomic E-state index is 0.639. The molecule has 3 nitrogen and oxygen atoms in total. The number of hydrogen-bond donors (Lipinski definition) is 3. The third-order valence-electron chi connectivity index (χ3n) is 2.20. The van der Waals surface area contributed by atoms with Crippen LogP contribution in [0.2, 0.25) is 5.02 Å². The molecule has 2 rings (SSSR count). The van der Waals surface area contributed by atoms with Gasteiger partial charge in [0.25, 0.3) is 0 Å². The van der Waals surface area contributed by atoms with Crippen molar-refractivity contribution in [2.24, 2.45) is 0 Å². The van der Waals surface area contributed by atoms with Crippen LogP contribution in [0.25, 0.3) is 0 Å². The van der Waals surface area contributed by atoms with E-state index in [1.807, 2.05) is 31.3 Å². The van der Waals surface area contributed by atoms with Crippen LogP contribution in [-0.2, 0) is 0 Å². The second-order valence-corrected chi connectivity index (χ2v) is 3.80. The van der Waals surface area contributed by atoms with E-state index in [0.717, 1.165) is 17.1 Å². The fraction of sp³-hybridized carbons (Fsp3) is 0.0909. The Morgan fingerprint density at radius 3 is 2.87 bits per heavy atom. The zero-order valence-electron chi connectivity index (χ0n) is 8.34. The van der Waals surface area contributed by atoms with Gasteiger partial charge in [-0.15, -0.1) is 0 Å². The molecule has 4 heteroatoms. The fourth-order valence-electron chi connectivity index (χ4n) is 1.36. The van der Waals surface area contributed by atoms with Crippen LogP contribution in [0.15, 0.2) is 30.5 Å². The lowest BCUT2D eigenvalue weighted by atomic mass is 10.2. The topological polar surface area (TPSA) is 53.8 Å². The summed E-state index contributed by atoms with van der Waals surface area (Å²) in [6.45, 7) is 1.95. The van der Waals surface area contributed by atoms with Gasteiger partial charge in [-0.2, -0.15) is 0 Å². The summed E-state index contributed by atoms with van der Waals surface area (Å²) in [5.74, 6) is 0.906. The summed E-state index contributed by atoms with van der Waals surface area (Å²) in [5.41, 5.74) is 8.35. The first-order valence-corrected chi connectivity index (χ1v) is 5.00. The molecule has 0 unspecified atom stereocenters. The molecule has 2 aromatic rings. The van der Waals surface area contributed by atoms with Crippen LogP contribution in [-0.4, -0.2) is 4.98 Å². The maximum atomic E-state index is 5.95. The van der Waals surface area contributed by atoms with Crippen LogP contribution < -0.4 is 11.1 Å². The van der Waals surface area contributed by atoms with Crippen LogP contribution in [0.1, 0.15) is 5.56 Å². The Morgan fingerprint density at radius 1 is 1.40 bits per heavy atom. The first-order valence-electron chi connectivity index (χ1n) is 4.63. The molecule has 78 valence electrons. The standard InChI is InChI=1S/C11H12ClN3/c1-7-5-10(9(13)6-8(7)12)15-11-3-2-4-14-11/h2-6,14-15H,13H2,1H3. The van der Waals surface area contributed by atoms with E-state index in [1.165, 1.54) is 0 Å². The Balaban J connectivity index is 2.33. The minimum Gasteiger partial charge on any atom is -0.397 e. The number of nitrogens with two attached hydrogens (primary N) is 1. The van der Waals surface area contributed by atoms with E-state index in [-0.39, 0.29) is 0 Å². The number of aryl methyl sites for hydroxylation is 1. The molecule has 0 aliphatic carbocycles. The number of nitrogens with one attached hydrogen (secondary N) is 2. The lowest BCUT2D eigenvalue weighted by molar-refractivity contribution is 1.37. The van der Waals surface area contributed by atoms with Crippen LogP contribution in [0.3, 0.4) is 0 Å². The van der Waals surface area contributed by atoms with Crippen LogP contribution in [0.5, 0.6) is 0 Å². The first kappa shape index (κ1) is 9.93. The number of aromatic nitrogens is 1. The number of aromatic amines is 1. The van der Waals surface area contributed by atoms with Crippen LogP contribution in [0.4, 0.5) is 17.2 Å². The summed E-state index contributed by atoms with van der Waals surface area (Å²) < 4.78 is 0. The summed E-state index contributed by atoms with van der Waals surface area (Å²) in [6.07, 6.45) is 1.85. The normalized spacial score (nSPS) is 10.3. The predicted molar refractivity (Wildman–Crippen MR) is 64.7 cm³/mol. The van der Waals surface area contributed by atoms with Crippen molar-refractivity contribution in [1.82, 2.24) is 4.98 Å². The molecule has 0 aliphatic rings. The number of benzene rings is 1. The van der Waals surface area contributed by atoms with E-state index >= 15 is 0 Å². The van der Waals surface area contributed by atoms with Gasteiger partial charge in [-0.1, -0.05) is 11.6 Å². The van der Waals surface area contributed by atoms with Crippen molar-refractivity contribution < 1.29 is 0 Å². The number of nitrogen functional groups attached to an aromatic ring is 1. The van der Waals surface area contributed by atoms with Crippen molar-refractivity contribution >= 4 is 28.8 Å². The van der Waals surface area contributed by atoms with Gasteiger partial charge < -0.3 is 16.0 Å². The smallest absolute Gasteiger partial charge is 0.107 e. The summed E-state index contributed by atoms with van der Waals surface area (Å²) in [7, 11) is 0. The van der Waals surface area contributed by atoms with Gasteiger partial charge >= 0.3 is 0 Å². The molecule has 1 aromatic heterocycles. The lowest BCUT2D eigenvalue weighted by Gasteiger charge is -2.09. The first-order chi connectivity index (χ1) is 7.16. The van der Waals surface area contributed by atoms with E-state index in [1.54, 1.807) is 6.07 Å². The van der Waals surface area contributed by atoms with Gasteiger partial charge in [-0.05, 0) is 36.8 Å². The van der Waals surface area contributed by atoms with Gasteiger partial charge in [-0.3, -0.25) is 0 Å². The highest BCUT2D eigenvalue weighted by molar-refractivity contribution is 6.31. The van der Waals surface area contributed by atoms with Crippen molar-refractivity contribution in [3.05, 3.63) is 41.0 Å². The predicted octanol–water partition coefficient (Wildman–Crippen LogP) is 3.30. The summed E-state index contributed by atoms with van der Waals surface area (Å²) >= 11 is 5.95. The monoisotopic (exact) mass is 221 g/mol. The molecule has 0 aliphatic heterocycles. The minimum absolute atomic E-state index is 0.639. The van der Waals surface area contributed by atoms with E-state index in [0.29, 0.717) is 10.7 Å². The largest absolute Gasteiger partial charge is 0.397 e. The van der Waals surface area contributed by atoms with Gasteiger partial charge in [0.2, 0.25) is 0 Å². The van der Waals surface area contributed by atoms with E-state index < -0.39 is 0 Å². The quantitative estimate of drug-likeness (QED) is 0.682. The molecule has 0 bridgehead atoms. The molecule has 15 heavy (non-hydrogen) atoms. The highest BCUT2D eigenvalue weighted by Crippen LogP contribution is 2.28. The molecular formula is C11H12ClN3. The number of anilines is 3. The number of halogens is 1. The average Bonchev–Trinajstić information content (AvgIpc) is 2.67. The van der Waals surface area contributed by atoms with Gasteiger partial charge in [0.1, 0.15) is 5.82 Å². The molecular weight excluding hydrogens is 210 g/mol. The second-order valence-electron chi connectivity index (χ2n) is 3.40. The molecule has 0 amide bonds.